The molecule has 4 rings (SSSR count). The molecule has 1 aromatic carbocycles. The van der Waals surface area contributed by atoms with Gasteiger partial charge in [-0.15, -0.1) is 10.2 Å². The molecule has 1 atom stereocenters. The summed E-state index contributed by atoms with van der Waals surface area (Å²) < 4.78 is 40.8. The minimum atomic E-state index is -4.50. The molecule has 0 amide bonds. The monoisotopic (exact) mass is 374 g/mol. The SMILES string of the molecule is C[C@H]1CN(c2cc(C(F)(F)F)ncn2)Cc2nnc(Cc3ccccc3)n21. The molecule has 0 bridgehead atoms. The highest BCUT2D eigenvalue weighted by molar-refractivity contribution is 5.41. The highest BCUT2D eigenvalue weighted by atomic mass is 19.4. The van der Waals surface area contributed by atoms with Crippen LogP contribution in [0.5, 0.6) is 0 Å². The first-order valence-electron chi connectivity index (χ1n) is 8.52. The molecule has 6 nitrogen and oxygen atoms in total. The second kappa shape index (κ2) is 6.64. The van der Waals surface area contributed by atoms with Gasteiger partial charge >= 0.3 is 6.18 Å². The summed E-state index contributed by atoms with van der Waals surface area (Å²) in [6, 6.07) is 10.9. The van der Waals surface area contributed by atoms with Gasteiger partial charge in [0.05, 0.1) is 12.6 Å². The van der Waals surface area contributed by atoms with Crippen LogP contribution in [0.25, 0.3) is 0 Å². The molecule has 0 saturated carbocycles. The van der Waals surface area contributed by atoms with E-state index in [0.29, 0.717) is 25.3 Å². The van der Waals surface area contributed by atoms with E-state index >= 15 is 0 Å². The van der Waals surface area contributed by atoms with Gasteiger partial charge in [0.1, 0.15) is 23.7 Å². The maximum absolute atomic E-state index is 12.9. The van der Waals surface area contributed by atoms with Gasteiger partial charge in [-0.2, -0.15) is 13.2 Å². The van der Waals surface area contributed by atoms with Crippen LogP contribution in [0.2, 0.25) is 0 Å². The van der Waals surface area contributed by atoms with Gasteiger partial charge in [-0.25, -0.2) is 9.97 Å². The molecular formula is C18H17F3N6. The van der Waals surface area contributed by atoms with Crippen LogP contribution in [0.1, 0.15) is 35.9 Å². The van der Waals surface area contributed by atoms with Gasteiger partial charge in [-0.3, -0.25) is 0 Å². The molecule has 1 aliphatic heterocycles. The summed E-state index contributed by atoms with van der Waals surface area (Å²) in [4.78, 5) is 9.12. The van der Waals surface area contributed by atoms with E-state index in [0.717, 1.165) is 23.8 Å². The zero-order chi connectivity index (χ0) is 19.0. The molecule has 0 spiro atoms. The molecule has 140 valence electrons. The average molecular weight is 374 g/mol. The van der Waals surface area contributed by atoms with Crippen LogP contribution in [-0.2, 0) is 19.1 Å². The van der Waals surface area contributed by atoms with Crippen molar-refractivity contribution in [2.45, 2.75) is 32.1 Å². The van der Waals surface area contributed by atoms with Crippen molar-refractivity contribution in [1.29, 1.82) is 0 Å². The Morgan fingerprint density at radius 2 is 1.89 bits per heavy atom. The number of rotatable bonds is 3. The van der Waals surface area contributed by atoms with Crippen LogP contribution < -0.4 is 4.90 Å². The van der Waals surface area contributed by atoms with Crippen LogP contribution >= 0.6 is 0 Å². The zero-order valence-electron chi connectivity index (χ0n) is 14.6. The Morgan fingerprint density at radius 3 is 2.63 bits per heavy atom. The van der Waals surface area contributed by atoms with E-state index in [1.54, 1.807) is 4.90 Å². The number of hydrogen-bond donors (Lipinski definition) is 0. The zero-order valence-corrected chi connectivity index (χ0v) is 14.6. The van der Waals surface area contributed by atoms with Crippen molar-refractivity contribution in [2.24, 2.45) is 0 Å². The number of aromatic nitrogens is 5. The summed E-state index contributed by atoms with van der Waals surface area (Å²) in [5.74, 6) is 1.80. The normalized spacial score (nSPS) is 17.0. The van der Waals surface area contributed by atoms with Crippen molar-refractivity contribution >= 4 is 5.82 Å². The third kappa shape index (κ3) is 3.49. The molecule has 9 heteroatoms. The van der Waals surface area contributed by atoms with E-state index < -0.39 is 11.9 Å². The van der Waals surface area contributed by atoms with Crippen LogP contribution in [0, 0.1) is 0 Å². The lowest BCUT2D eigenvalue weighted by molar-refractivity contribution is -0.141. The van der Waals surface area contributed by atoms with Crippen LogP contribution in [0.15, 0.2) is 42.7 Å². The van der Waals surface area contributed by atoms with E-state index in [2.05, 4.69) is 24.7 Å². The van der Waals surface area contributed by atoms with Crippen LogP contribution in [0.3, 0.4) is 0 Å². The van der Waals surface area contributed by atoms with Gasteiger partial charge in [0, 0.05) is 19.0 Å². The van der Waals surface area contributed by atoms with Crippen molar-refractivity contribution in [3.05, 3.63) is 65.6 Å². The van der Waals surface area contributed by atoms with Crippen molar-refractivity contribution < 1.29 is 13.2 Å². The summed E-state index contributed by atoms with van der Waals surface area (Å²) in [7, 11) is 0. The van der Waals surface area contributed by atoms with Crippen molar-refractivity contribution in [3.63, 3.8) is 0 Å². The molecule has 0 fully saturated rings. The number of halogens is 3. The van der Waals surface area contributed by atoms with E-state index in [-0.39, 0.29) is 11.9 Å². The molecule has 0 radical (unpaired) electrons. The van der Waals surface area contributed by atoms with Gasteiger partial charge in [0.2, 0.25) is 0 Å². The van der Waals surface area contributed by atoms with E-state index in [9.17, 15) is 13.2 Å². The summed E-state index contributed by atoms with van der Waals surface area (Å²) in [6.45, 7) is 2.86. The highest BCUT2D eigenvalue weighted by Crippen LogP contribution is 2.31. The molecule has 0 unspecified atom stereocenters. The first-order chi connectivity index (χ1) is 12.9. The van der Waals surface area contributed by atoms with E-state index in [4.69, 9.17) is 0 Å². The Hall–Kier alpha value is -2.97. The summed E-state index contributed by atoms with van der Waals surface area (Å²) in [5, 5.41) is 8.56. The molecule has 0 N–H and O–H groups in total. The molecular weight excluding hydrogens is 357 g/mol. The third-order valence-corrected chi connectivity index (χ3v) is 4.57. The first kappa shape index (κ1) is 17.4. The van der Waals surface area contributed by atoms with Crippen LogP contribution in [0.4, 0.5) is 19.0 Å². The number of alkyl halides is 3. The van der Waals surface area contributed by atoms with E-state index in [1.165, 1.54) is 0 Å². The lowest BCUT2D eigenvalue weighted by Gasteiger charge is -2.33. The van der Waals surface area contributed by atoms with Gasteiger partial charge in [-0.05, 0) is 12.5 Å². The largest absolute Gasteiger partial charge is 0.433 e. The molecule has 3 heterocycles. The second-order valence-corrected chi connectivity index (χ2v) is 6.55. The number of nitrogens with zero attached hydrogens (tertiary/aromatic N) is 6. The van der Waals surface area contributed by atoms with Gasteiger partial charge in [0.25, 0.3) is 0 Å². The fourth-order valence-corrected chi connectivity index (χ4v) is 3.36. The Bertz CT molecular complexity index is 938. The van der Waals surface area contributed by atoms with Crippen LogP contribution in [-0.4, -0.2) is 31.3 Å². The van der Waals surface area contributed by atoms with E-state index in [1.807, 2.05) is 37.3 Å². The van der Waals surface area contributed by atoms with Gasteiger partial charge in [-0.1, -0.05) is 30.3 Å². The number of hydrogen-bond acceptors (Lipinski definition) is 5. The third-order valence-electron chi connectivity index (χ3n) is 4.57. The minimum absolute atomic E-state index is 0.00626. The maximum Gasteiger partial charge on any atom is 0.433 e. The molecule has 1 aliphatic rings. The van der Waals surface area contributed by atoms with Gasteiger partial charge < -0.3 is 9.47 Å². The standard InChI is InChI=1S/C18H17F3N6/c1-12-9-26(15-8-14(18(19,20)21)22-11-23-15)10-17-25-24-16(27(12)17)7-13-5-3-2-4-6-13/h2-6,8,11-12H,7,9-10H2,1H3/t12-/m0/s1. The van der Waals surface area contributed by atoms with Gasteiger partial charge in [0.15, 0.2) is 5.82 Å². The Labute approximate surface area is 153 Å². The van der Waals surface area contributed by atoms with Crippen molar-refractivity contribution in [2.75, 3.05) is 11.4 Å². The fraction of sp³-hybridized carbons (Fsp3) is 0.333. The average Bonchev–Trinajstić information content (AvgIpc) is 3.05. The summed E-state index contributed by atoms with van der Waals surface area (Å²) >= 11 is 0. The lowest BCUT2D eigenvalue weighted by Crippen LogP contribution is -2.37. The minimum Gasteiger partial charge on any atom is -0.347 e. The summed E-state index contributed by atoms with van der Waals surface area (Å²) in [5.41, 5.74) is 0.185. The Balaban J connectivity index is 1.60. The highest BCUT2D eigenvalue weighted by Gasteiger charge is 2.34. The fourth-order valence-electron chi connectivity index (χ4n) is 3.36. The maximum atomic E-state index is 12.9. The quantitative estimate of drug-likeness (QED) is 0.704. The predicted octanol–water partition coefficient (Wildman–Crippen LogP) is 3.26. The number of anilines is 1. The number of benzene rings is 1. The molecule has 0 aliphatic carbocycles. The lowest BCUT2D eigenvalue weighted by atomic mass is 10.1. The number of fused-ring (bicyclic) bond motifs is 1. The smallest absolute Gasteiger partial charge is 0.347 e. The first-order valence-corrected chi connectivity index (χ1v) is 8.52. The second-order valence-electron chi connectivity index (χ2n) is 6.55. The molecule has 27 heavy (non-hydrogen) atoms. The van der Waals surface area contributed by atoms with Crippen molar-refractivity contribution in [1.82, 2.24) is 24.7 Å². The Morgan fingerprint density at radius 1 is 1.11 bits per heavy atom. The predicted molar refractivity (Wildman–Crippen MR) is 92.1 cm³/mol. The molecule has 2 aromatic heterocycles. The topological polar surface area (TPSA) is 59.7 Å². The molecule has 0 saturated heterocycles. The molecule has 3 aromatic rings. The van der Waals surface area contributed by atoms with Crippen molar-refractivity contribution in [3.8, 4) is 0 Å². The Kier molecular flexibility index (Phi) is 4.29. The summed E-state index contributed by atoms with van der Waals surface area (Å²) in [6.07, 6.45) is -2.89.